The number of hydrogen-bond acceptors (Lipinski definition) is 7. The molecule has 1 heterocycles. The summed E-state index contributed by atoms with van der Waals surface area (Å²) in [5.41, 5.74) is 0.227. The Kier molecular flexibility index (Phi) is 13.1. The Hall–Kier alpha value is -4.28. The number of para-hydroxylation sites is 3. The molecule has 11 heteroatoms. The fourth-order valence-corrected chi connectivity index (χ4v) is 5.25. The zero-order valence-electron chi connectivity index (χ0n) is 27.5. The van der Waals surface area contributed by atoms with E-state index in [0.717, 1.165) is 0 Å². The smallest absolute Gasteiger partial charge is 0.255 e. The largest absolute Gasteiger partial charge is 0.493 e. The van der Waals surface area contributed by atoms with Crippen LogP contribution >= 0.6 is 0 Å². The first-order chi connectivity index (χ1) is 21.4. The fraction of sp³-hybridized carbons (Fsp3) is 0.529. The van der Waals surface area contributed by atoms with Gasteiger partial charge in [-0.25, -0.2) is 0 Å². The molecule has 246 valence electrons. The van der Waals surface area contributed by atoms with E-state index in [1.165, 1.54) is 4.90 Å². The molecule has 0 saturated heterocycles. The van der Waals surface area contributed by atoms with E-state index < -0.39 is 29.8 Å². The summed E-state index contributed by atoms with van der Waals surface area (Å²) in [5, 5.41) is 5.62. The standard InChI is InChI=1S/C34H48N4O7/c1-22(2)18-24-21-45-28-13-9-8-12-25(28)32(40)36-27(20-31(39)35-26(19-23(3)4)34(42)38(24)6)33(41)37(5)16-17-44-30-15-11-10-14-29(30)43-7/h8-15,22-24,26-27H,16-21H2,1-7H3,(H,35,39)(H,36,40)/t24-,26-,27+/m1/s1. The highest BCUT2D eigenvalue weighted by atomic mass is 16.5. The monoisotopic (exact) mass is 624 g/mol. The average Bonchev–Trinajstić information content (AvgIpc) is 3.00. The molecule has 0 unspecified atom stereocenters. The molecule has 1 aliphatic heterocycles. The van der Waals surface area contributed by atoms with Crippen molar-refractivity contribution < 1.29 is 33.4 Å². The van der Waals surface area contributed by atoms with Crippen LogP contribution in [0, 0.1) is 11.8 Å². The zero-order valence-corrected chi connectivity index (χ0v) is 27.5. The first kappa shape index (κ1) is 35.2. The SMILES string of the molecule is COc1ccccc1OCCN(C)C(=O)[C@@H]1CC(=O)N[C@H](CC(C)C)C(=O)N(C)[C@H](CC(C)C)COc2ccccc2C(=O)N1. The van der Waals surface area contributed by atoms with E-state index >= 15 is 0 Å². The van der Waals surface area contributed by atoms with Gasteiger partial charge in [0.15, 0.2) is 11.5 Å². The Labute approximate surface area is 266 Å². The molecule has 3 atom stereocenters. The van der Waals surface area contributed by atoms with E-state index in [-0.39, 0.29) is 55.5 Å². The van der Waals surface area contributed by atoms with Crippen molar-refractivity contribution in [2.75, 3.05) is 41.0 Å². The molecule has 0 radical (unpaired) electrons. The summed E-state index contributed by atoms with van der Waals surface area (Å²) < 4.78 is 17.3. The molecule has 1 aliphatic rings. The van der Waals surface area contributed by atoms with Gasteiger partial charge < -0.3 is 34.6 Å². The van der Waals surface area contributed by atoms with E-state index in [2.05, 4.69) is 24.5 Å². The van der Waals surface area contributed by atoms with Crippen molar-refractivity contribution in [1.82, 2.24) is 20.4 Å². The van der Waals surface area contributed by atoms with Gasteiger partial charge in [-0.2, -0.15) is 0 Å². The van der Waals surface area contributed by atoms with Gasteiger partial charge in [0, 0.05) is 14.1 Å². The van der Waals surface area contributed by atoms with Gasteiger partial charge >= 0.3 is 0 Å². The highest BCUT2D eigenvalue weighted by Gasteiger charge is 2.33. The number of nitrogens with zero attached hydrogens (tertiary/aromatic N) is 2. The first-order valence-electron chi connectivity index (χ1n) is 15.5. The van der Waals surface area contributed by atoms with Crippen LogP contribution in [0.2, 0.25) is 0 Å². The second kappa shape index (κ2) is 16.7. The average molecular weight is 625 g/mol. The van der Waals surface area contributed by atoms with Crippen LogP contribution in [-0.2, 0) is 14.4 Å². The maximum absolute atomic E-state index is 13.8. The molecule has 45 heavy (non-hydrogen) atoms. The van der Waals surface area contributed by atoms with Crippen LogP contribution in [0.1, 0.15) is 57.3 Å². The van der Waals surface area contributed by atoms with Gasteiger partial charge in [0.25, 0.3) is 5.91 Å². The van der Waals surface area contributed by atoms with E-state index in [1.54, 1.807) is 62.5 Å². The van der Waals surface area contributed by atoms with Crippen LogP contribution in [0.15, 0.2) is 48.5 Å². The van der Waals surface area contributed by atoms with Gasteiger partial charge in [0.05, 0.1) is 31.7 Å². The summed E-state index contributed by atoms with van der Waals surface area (Å²) in [6.07, 6.45) is 0.729. The summed E-state index contributed by atoms with van der Waals surface area (Å²) in [6, 6.07) is 11.6. The normalized spacial score (nSPS) is 19.6. The minimum absolute atomic E-state index is 0.115. The lowest BCUT2D eigenvalue weighted by Crippen LogP contribution is -2.55. The lowest BCUT2D eigenvalue weighted by molar-refractivity contribution is -0.139. The number of carbonyl (C=O) groups is 4. The molecule has 0 bridgehead atoms. The van der Waals surface area contributed by atoms with Crippen molar-refractivity contribution in [3.63, 3.8) is 0 Å². The molecule has 0 aromatic heterocycles. The van der Waals surface area contributed by atoms with Gasteiger partial charge in [-0.3, -0.25) is 19.2 Å². The zero-order chi connectivity index (χ0) is 33.1. The maximum atomic E-state index is 13.8. The van der Waals surface area contributed by atoms with Crippen LogP contribution in [0.3, 0.4) is 0 Å². The quantitative estimate of drug-likeness (QED) is 0.414. The molecular weight excluding hydrogens is 576 g/mol. The molecule has 0 fully saturated rings. The Morgan fingerprint density at radius 2 is 1.62 bits per heavy atom. The van der Waals surface area contributed by atoms with E-state index in [0.29, 0.717) is 30.1 Å². The van der Waals surface area contributed by atoms with Crippen molar-refractivity contribution in [2.45, 2.75) is 65.1 Å². The fourth-order valence-electron chi connectivity index (χ4n) is 5.25. The van der Waals surface area contributed by atoms with Gasteiger partial charge in [0.2, 0.25) is 17.7 Å². The highest BCUT2D eigenvalue weighted by Crippen LogP contribution is 2.26. The molecule has 4 amide bonds. The van der Waals surface area contributed by atoms with Gasteiger partial charge in [-0.1, -0.05) is 52.0 Å². The highest BCUT2D eigenvalue weighted by molar-refractivity contribution is 6.01. The van der Waals surface area contributed by atoms with Crippen LogP contribution in [0.5, 0.6) is 17.2 Å². The third kappa shape index (κ3) is 10.1. The molecule has 0 spiro atoms. The number of fused-ring (bicyclic) bond motifs is 1. The number of likely N-dealkylation sites (N-methyl/N-ethyl adjacent to an activating group) is 2. The molecule has 2 N–H and O–H groups in total. The second-order valence-corrected chi connectivity index (χ2v) is 12.3. The van der Waals surface area contributed by atoms with Crippen molar-refractivity contribution in [2.24, 2.45) is 11.8 Å². The summed E-state index contributed by atoms with van der Waals surface area (Å²) in [5.74, 6) is 0.0478. The van der Waals surface area contributed by atoms with Crippen LogP contribution < -0.4 is 24.8 Å². The van der Waals surface area contributed by atoms with Crippen LogP contribution in [-0.4, -0.2) is 92.5 Å². The van der Waals surface area contributed by atoms with Gasteiger partial charge in [0.1, 0.15) is 31.0 Å². The topological polar surface area (TPSA) is 127 Å². The lowest BCUT2D eigenvalue weighted by Gasteiger charge is -2.34. The molecule has 11 nitrogen and oxygen atoms in total. The van der Waals surface area contributed by atoms with Crippen molar-refractivity contribution in [1.29, 1.82) is 0 Å². The molecule has 3 rings (SSSR count). The number of methoxy groups -OCH3 is 1. The number of ether oxygens (including phenoxy) is 3. The number of hydrogen-bond donors (Lipinski definition) is 2. The minimum atomic E-state index is -1.20. The lowest BCUT2D eigenvalue weighted by atomic mass is 9.99. The van der Waals surface area contributed by atoms with Crippen molar-refractivity contribution in [3.8, 4) is 17.2 Å². The van der Waals surface area contributed by atoms with Crippen molar-refractivity contribution in [3.05, 3.63) is 54.1 Å². The molecule has 0 saturated carbocycles. The Bertz CT molecular complexity index is 1310. The molecular formula is C34H48N4O7. The predicted octanol–water partition coefficient (Wildman–Crippen LogP) is 3.52. The second-order valence-electron chi connectivity index (χ2n) is 12.3. The molecule has 2 aromatic rings. The Morgan fingerprint density at radius 3 is 2.29 bits per heavy atom. The number of amides is 4. The number of rotatable bonds is 10. The number of nitrogens with one attached hydrogen (secondary N) is 2. The Morgan fingerprint density at radius 1 is 0.978 bits per heavy atom. The summed E-state index contributed by atoms with van der Waals surface area (Å²) in [6.45, 7) is 8.58. The van der Waals surface area contributed by atoms with E-state index in [1.807, 2.05) is 26.0 Å². The first-order valence-corrected chi connectivity index (χ1v) is 15.5. The van der Waals surface area contributed by atoms with E-state index in [9.17, 15) is 19.2 Å². The summed E-state index contributed by atoms with van der Waals surface area (Å²) >= 11 is 0. The number of carbonyl (C=O) groups excluding carboxylic acids is 4. The third-order valence-corrected chi connectivity index (χ3v) is 7.66. The Balaban J connectivity index is 1.89. The summed E-state index contributed by atoms with van der Waals surface area (Å²) in [7, 11) is 4.84. The summed E-state index contributed by atoms with van der Waals surface area (Å²) in [4.78, 5) is 57.5. The van der Waals surface area contributed by atoms with Gasteiger partial charge in [-0.15, -0.1) is 0 Å². The van der Waals surface area contributed by atoms with Crippen LogP contribution in [0.25, 0.3) is 0 Å². The van der Waals surface area contributed by atoms with Crippen LogP contribution in [0.4, 0.5) is 0 Å². The minimum Gasteiger partial charge on any atom is -0.493 e. The number of benzene rings is 2. The third-order valence-electron chi connectivity index (χ3n) is 7.66. The molecule has 2 aromatic carbocycles. The van der Waals surface area contributed by atoms with E-state index in [4.69, 9.17) is 14.2 Å². The maximum Gasteiger partial charge on any atom is 0.255 e. The van der Waals surface area contributed by atoms with Crippen molar-refractivity contribution >= 4 is 23.6 Å². The van der Waals surface area contributed by atoms with Gasteiger partial charge in [-0.05, 0) is 48.9 Å². The molecule has 0 aliphatic carbocycles. The predicted molar refractivity (Wildman–Crippen MR) is 171 cm³/mol.